The maximum atomic E-state index is 11.0. The minimum atomic E-state index is -0.00463. The van der Waals surface area contributed by atoms with Crippen LogP contribution in [-0.4, -0.2) is 38.6 Å². The lowest BCUT2D eigenvalue weighted by molar-refractivity contribution is -0.119. The van der Waals surface area contributed by atoms with Gasteiger partial charge in [-0.3, -0.25) is 4.79 Å². The van der Waals surface area contributed by atoms with Gasteiger partial charge >= 0.3 is 0 Å². The summed E-state index contributed by atoms with van der Waals surface area (Å²) in [5.41, 5.74) is 1.03. The predicted molar refractivity (Wildman–Crippen MR) is 74.2 cm³/mol. The molecule has 0 aliphatic rings. The monoisotopic (exact) mass is 278 g/mol. The highest BCUT2D eigenvalue weighted by Crippen LogP contribution is 2.23. The molecular formula is C10H19ClN4OS. The van der Waals surface area contributed by atoms with Crippen molar-refractivity contribution >= 4 is 34.8 Å². The number of carbonyl (C=O) groups is 1. The first-order chi connectivity index (χ1) is 7.54. The van der Waals surface area contributed by atoms with Gasteiger partial charge in [-0.2, -0.15) is 0 Å². The molecule has 1 amide bonds. The van der Waals surface area contributed by atoms with Crippen molar-refractivity contribution in [3.05, 3.63) is 10.6 Å². The Kier molecular flexibility index (Phi) is 7.10. The van der Waals surface area contributed by atoms with E-state index in [-0.39, 0.29) is 18.3 Å². The van der Waals surface area contributed by atoms with Gasteiger partial charge < -0.3 is 15.5 Å². The van der Waals surface area contributed by atoms with Gasteiger partial charge in [0.1, 0.15) is 0 Å². The first-order valence-corrected chi connectivity index (χ1v) is 5.91. The van der Waals surface area contributed by atoms with Crippen LogP contribution in [-0.2, 0) is 11.3 Å². The van der Waals surface area contributed by atoms with Crippen molar-refractivity contribution in [2.45, 2.75) is 13.5 Å². The lowest BCUT2D eigenvalue weighted by Gasteiger charge is -2.05. The average Bonchev–Trinajstić information content (AvgIpc) is 2.60. The summed E-state index contributed by atoms with van der Waals surface area (Å²) >= 11 is 1.65. The summed E-state index contributed by atoms with van der Waals surface area (Å²) in [4.78, 5) is 18.6. The largest absolute Gasteiger partial charge is 0.358 e. The van der Waals surface area contributed by atoms with Gasteiger partial charge in [-0.25, -0.2) is 4.98 Å². The highest BCUT2D eigenvalue weighted by molar-refractivity contribution is 7.15. The molecule has 1 rings (SSSR count). The van der Waals surface area contributed by atoms with Crippen molar-refractivity contribution in [3.63, 3.8) is 0 Å². The molecule has 1 heterocycles. The Bertz CT molecular complexity index is 367. The van der Waals surface area contributed by atoms with Crippen molar-refractivity contribution in [2.24, 2.45) is 0 Å². The number of nitrogens with zero attached hydrogens (tertiary/aromatic N) is 2. The molecule has 0 saturated heterocycles. The molecule has 0 fully saturated rings. The number of hydrogen-bond acceptors (Lipinski definition) is 5. The average molecular weight is 279 g/mol. The molecule has 0 aliphatic carbocycles. The third kappa shape index (κ3) is 4.89. The highest BCUT2D eigenvalue weighted by Gasteiger charge is 2.08. The number of halogens is 1. The number of thiazole rings is 1. The minimum Gasteiger partial charge on any atom is -0.358 e. The summed E-state index contributed by atoms with van der Waals surface area (Å²) in [6.07, 6.45) is 0. The molecule has 7 heteroatoms. The molecule has 1 aromatic rings. The van der Waals surface area contributed by atoms with Crippen molar-refractivity contribution in [1.82, 2.24) is 15.6 Å². The summed E-state index contributed by atoms with van der Waals surface area (Å²) in [6, 6.07) is 0. The van der Waals surface area contributed by atoms with E-state index < -0.39 is 0 Å². The van der Waals surface area contributed by atoms with E-state index >= 15 is 0 Å². The molecule has 98 valence electrons. The third-order valence-corrected chi connectivity index (χ3v) is 3.44. The molecule has 0 unspecified atom stereocenters. The summed E-state index contributed by atoms with van der Waals surface area (Å²) < 4.78 is 0. The third-order valence-electron chi connectivity index (χ3n) is 2.11. The van der Waals surface area contributed by atoms with E-state index in [1.165, 1.54) is 4.88 Å². The molecule has 0 bridgehead atoms. The Morgan fingerprint density at radius 2 is 2.12 bits per heavy atom. The van der Waals surface area contributed by atoms with E-state index in [4.69, 9.17) is 0 Å². The normalized spacial score (nSPS) is 9.65. The molecule has 0 radical (unpaired) electrons. The standard InChI is InChI=1S/C10H18N4OS.ClH/c1-7-8(5-12-6-9(15)11-2)16-10(13-7)14(3)4;/h12H,5-6H2,1-4H3,(H,11,15);1H. The van der Waals surface area contributed by atoms with E-state index in [2.05, 4.69) is 15.6 Å². The van der Waals surface area contributed by atoms with Gasteiger partial charge in [0, 0.05) is 32.6 Å². The SMILES string of the molecule is CNC(=O)CNCc1sc(N(C)C)nc1C.Cl. The Morgan fingerprint density at radius 1 is 1.47 bits per heavy atom. The Labute approximate surface area is 112 Å². The van der Waals surface area contributed by atoms with Gasteiger partial charge in [0.2, 0.25) is 5.91 Å². The van der Waals surface area contributed by atoms with Crippen LogP contribution in [0.25, 0.3) is 0 Å². The topological polar surface area (TPSA) is 57.3 Å². The fraction of sp³-hybridized carbons (Fsp3) is 0.600. The number of hydrogen-bond donors (Lipinski definition) is 2. The quantitative estimate of drug-likeness (QED) is 0.836. The van der Waals surface area contributed by atoms with Gasteiger partial charge in [-0.05, 0) is 6.92 Å². The number of anilines is 1. The zero-order chi connectivity index (χ0) is 12.1. The molecule has 17 heavy (non-hydrogen) atoms. The van der Waals surface area contributed by atoms with E-state index in [1.54, 1.807) is 18.4 Å². The van der Waals surface area contributed by atoms with Crippen LogP contribution >= 0.6 is 23.7 Å². The van der Waals surface area contributed by atoms with Gasteiger partial charge in [-0.1, -0.05) is 0 Å². The Morgan fingerprint density at radius 3 is 2.59 bits per heavy atom. The van der Waals surface area contributed by atoms with Gasteiger partial charge in [0.05, 0.1) is 12.2 Å². The van der Waals surface area contributed by atoms with Crippen LogP contribution in [0, 0.1) is 6.92 Å². The molecule has 0 atom stereocenters. The fourth-order valence-corrected chi connectivity index (χ4v) is 2.10. The maximum absolute atomic E-state index is 11.0. The van der Waals surface area contributed by atoms with Crippen molar-refractivity contribution in [3.8, 4) is 0 Å². The zero-order valence-corrected chi connectivity index (χ0v) is 12.2. The van der Waals surface area contributed by atoms with Crippen molar-refractivity contribution in [2.75, 3.05) is 32.6 Å². The lowest BCUT2D eigenvalue weighted by atomic mass is 10.4. The van der Waals surface area contributed by atoms with Crippen LogP contribution in [0.15, 0.2) is 0 Å². The number of amides is 1. The number of aromatic nitrogens is 1. The highest BCUT2D eigenvalue weighted by atomic mass is 35.5. The summed E-state index contributed by atoms with van der Waals surface area (Å²) in [7, 11) is 5.58. The first-order valence-electron chi connectivity index (χ1n) is 5.09. The predicted octanol–water partition coefficient (Wildman–Crippen LogP) is 0.775. The molecule has 5 nitrogen and oxygen atoms in total. The second-order valence-electron chi connectivity index (χ2n) is 3.68. The number of rotatable bonds is 5. The summed E-state index contributed by atoms with van der Waals surface area (Å²) in [5, 5.41) is 6.65. The first kappa shape index (κ1) is 16.1. The zero-order valence-electron chi connectivity index (χ0n) is 10.5. The summed E-state index contributed by atoms with van der Waals surface area (Å²) in [5.74, 6) is -0.00463. The molecule has 2 N–H and O–H groups in total. The van der Waals surface area contributed by atoms with Crippen molar-refractivity contribution < 1.29 is 4.79 Å². The molecule has 0 aliphatic heterocycles. The summed E-state index contributed by atoms with van der Waals surface area (Å²) in [6.45, 7) is 3.01. The van der Waals surface area contributed by atoms with Crippen LogP contribution in [0.2, 0.25) is 0 Å². The van der Waals surface area contributed by atoms with E-state index in [0.29, 0.717) is 13.1 Å². The van der Waals surface area contributed by atoms with Gasteiger partial charge in [0.15, 0.2) is 5.13 Å². The Hall–Kier alpha value is -0.850. The molecular weight excluding hydrogens is 260 g/mol. The molecule has 1 aromatic heterocycles. The number of aryl methyl sites for hydroxylation is 1. The molecule has 0 saturated carbocycles. The van der Waals surface area contributed by atoms with E-state index in [0.717, 1.165) is 10.8 Å². The van der Waals surface area contributed by atoms with E-state index in [9.17, 15) is 4.79 Å². The number of carbonyl (C=O) groups excluding carboxylic acids is 1. The lowest BCUT2D eigenvalue weighted by Crippen LogP contribution is -2.30. The van der Waals surface area contributed by atoms with Crippen LogP contribution in [0.1, 0.15) is 10.6 Å². The number of likely N-dealkylation sites (N-methyl/N-ethyl adjacent to an activating group) is 1. The Balaban J connectivity index is 0.00000256. The second-order valence-corrected chi connectivity index (χ2v) is 4.74. The fourth-order valence-electron chi connectivity index (χ4n) is 1.15. The maximum Gasteiger partial charge on any atom is 0.233 e. The number of nitrogens with one attached hydrogen (secondary N) is 2. The van der Waals surface area contributed by atoms with Crippen LogP contribution in [0.3, 0.4) is 0 Å². The van der Waals surface area contributed by atoms with Gasteiger partial charge in [-0.15, -0.1) is 23.7 Å². The van der Waals surface area contributed by atoms with Crippen LogP contribution in [0.5, 0.6) is 0 Å². The van der Waals surface area contributed by atoms with Gasteiger partial charge in [0.25, 0.3) is 0 Å². The minimum absolute atomic E-state index is 0. The van der Waals surface area contributed by atoms with E-state index in [1.807, 2.05) is 25.9 Å². The van der Waals surface area contributed by atoms with Crippen LogP contribution in [0.4, 0.5) is 5.13 Å². The van der Waals surface area contributed by atoms with Crippen molar-refractivity contribution in [1.29, 1.82) is 0 Å². The smallest absolute Gasteiger partial charge is 0.233 e. The molecule has 0 aromatic carbocycles. The second kappa shape index (κ2) is 7.47. The molecule has 0 spiro atoms. The van der Waals surface area contributed by atoms with Crippen LogP contribution < -0.4 is 15.5 Å².